The van der Waals surface area contributed by atoms with Gasteiger partial charge in [0.25, 0.3) is 0 Å². The number of rotatable bonds is 3. The number of urea groups is 1. The summed E-state index contributed by atoms with van der Waals surface area (Å²) in [6.45, 7) is 2.83. The number of piperidine rings is 1. The fourth-order valence-corrected chi connectivity index (χ4v) is 2.29. The highest BCUT2D eigenvalue weighted by molar-refractivity contribution is 5.82. The molecule has 2 atom stereocenters. The first-order valence-corrected chi connectivity index (χ1v) is 6.36. The van der Waals surface area contributed by atoms with E-state index in [4.69, 9.17) is 4.42 Å². The van der Waals surface area contributed by atoms with Gasteiger partial charge >= 0.3 is 12.0 Å². The second-order valence-electron chi connectivity index (χ2n) is 4.97. The maximum atomic E-state index is 12.0. The molecule has 6 heteroatoms. The highest BCUT2D eigenvalue weighted by Gasteiger charge is 2.34. The van der Waals surface area contributed by atoms with Gasteiger partial charge in [-0.15, -0.1) is 0 Å². The zero-order valence-electron chi connectivity index (χ0n) is 10.8. The summed E-state index contributed by atoms with van der Waals surface area (Å²) in [5.74, 6) is -0.607. The molecule has 0 spiro atoms. The van der Waals surface area contributed by atoms with E-state index in [0.29, 0.717) is 25.4 Å². The first-order chi connectivity index (χ1) is 9.08. The van der Waals surface area contributed by atoms with Crippen molar-refractivity contribution in [3.05, 3.63) is 24.2 Å². The molecule has 0 aliphatic carbocycles. The molecular weight excluding hydrogens is 248 g/mol. The molecule has 1 aromatic rings. The van der Waals surface area contributed by atoms with Crippen molar-refractivity contribution >= 4 is 12.0 Å². The fraction of sp³-hybridized carbons (Fsp3) is 0.538. The third-order valence-electron chi connectivity index (χ3n) is 3.43. The van der Waals surface area contributed by atoms with Crippen LogP contribution >= 0.6 is 0 Å². The van der Waals surface area contributed by atoms with Gasteiger partial charge in [0.15, 0.2) is 0 Å². The number of nitrogens with one attached hydrogen (secondary N) is 1. The molecule has 1 saturated heterocycles. The van der Waals surface area contributed by atoms with Crippen LogP contribution in [0.25, 0.3) is 0 Å². The largest absolute Gasteiger partial charge is 0.480 e. The van der Waals surface area contributed by atoms with Crippen LogP contribution in [0.3, 0.4) is 0 Å². The molecule has 2 unspecified atom stereocenters. The van der Waals surface area contributed by atoms with E-state index >= 15 is 0 Å². The van der Waals surface area contributed by atoms with E-state index in [-0.39, 0.29) is 6.03 Å². The number of carboxylic acids is 1. The molecule has 1 fully saturated rings. The van der Waals surface area contributed by atoms with Gasteiger partial charge in [0.2, 0.25) is 0 Å². The minimum atomic E-state index is -0.940. The van der Waals surface area contributed by atoms with Gasteiger partial charge in [-0.3, -0.25) is 0 Å². The molecule has 0 radical (unpaired) electrons. The predicted octanol–water partition coefficient (Wildman–Crippen LogP) is 1.67. The number of aliphatic carboxylic acids is 1. The average molecular weight is 266 g/mol. The van der Waals surface area contributed by atoms with E-state index in [0.717, 1.165) is 12.0 Å². The molecule has 2 rings (SSSR count). The van der Waals surface area contributed by atoms with Crippen LogP contribution in [-0.2, 0) is 11.3 Å². The average Bonchev–Trinajstić information content (AvgIpc) is 2.88. The predicted molar refractivity (Wildman–Crippen MR) is 67.5 cm³/mol. The maximum Gasteiger partial charge on any atom is 0.326 e. The molecule has 104 valence electrons. The van der Waals surface area contributed by atoms with Crippen molar-refractivity contribution in [3.63, 3.8) is 0 Å². The van der Waals surface area contributed by atoms with E-state index in [1.807, 2.05) is 6.92 Å². The molecule has 0 saturated carbocycles. The van der Waals surface area contributed by atoms with Crippen LogP contribution in [0, 0.1) is 5.92 Å². The molecule has 2 amide bonds. The Kier molecular flexibility index (Phi) is 4.09. The quantitative estimate of drug-likeness (QED) is 0.871. The SMILES string of the molecule is CC1CCN(C(=O)NCc2ccoc2)C(C(=O)O)C1. The standard InChI is InChI=1S/C13H18N2O4/c1-9-2-4-15(11(6-9)12(16)17)13(18)14-7-10-3-5-19-8-10/h3,5,8-9,11H,2,4,6-7H2,1H3,(H,14,18)(H,16,17). The number of carboxylic acid groups (broad SMARTS) is 1. The lowest BCUT2D eigenvalue weighted by molar-refractivity contribution is -0.143. The molecular formula is C13H18N2O4. The van der Waals surface area contributed by atoms with Gasteiger partial charge in [-0.25, -0.2) is 9.59 Å². The number of likely N-dealkylation sites (tertiary alicyclic amines) is 1. The van der Waals surface area contributed by atoms with Crippen molar-refractivity contribution in [3.8, 4) is 0 Å². The molecule has 1 aromatic heterocycles. The molecule has 19 heavy (non-hydrogen) atoms. The van der Waals surface area contributed by atoms with E-state index in [1.54, 1.807) is 12.3 Å². The van der Waals surface area contributed by atoms with Crippen molar-refractivity contribution in [2.24, 2.45) is 5.92 Å². The number of amides is 2. The Morgan fingerprint density at radius 2 is 2.37 bits per heavy atom. The van der Waals surface area contributed by atoms with Gasteiger partial charge < -0.3 is 19.7 Å². The van der Waals surface area contributed by atoms with Crippen LogP contribution in [0.5, 0.6) is 0 Å². The van der Waals surface area contributed by atoms with Gasteiger partial charge in [-0.05, 0) is 24.8 Å². The fourth-order valence-electron chi connectivity index (χ4n) is 2.29. The van der Waals surface area contributed by atoms with Crippen molar-refractivity contribution < 1.29 is 19.1 Å². The second kappa shape index (κ2) is 5.77. The lowest BCUT2D eigenvalue weighted by atomic mass is 9.93. The topological polar surface area (TPSA) is 82.8 Å². The summed E-state index contributed by atoms with van der Waals surface area (Å²) in [4.78, 5) is 24.7. The van der Waals surface area contributed by atoms with Crippen molar-refractivity contribution in [1.82, 2.24) is 10.2 Å². The Morgan fingerprint density at radius 1 is 1.58 bits per heavy atom. The third-order valence-corrected chi connectivity index (χ3v) is 3.43. The summed E-state index contributed by atoms with van der Waals surface area (Å²) in [5, 5.41) is 11.9. The zero-order chi connectivity index (χ0) is 13.8. The molecule has 1 aliphatic heterocycles. The summed E-state index contributed by atoms with van der Waals surface area (Å²) in [6, 6.07) is 0.696. The van der Waals surface area contributed by atoms with E-state index < -0.39 is 12.0 Å². The summed E-state index contributed by atoms with van der Waals surface area (Å²) in [5.41, 5.74) is 0.852. The van der Waals surface area contributed by atoms with Crippen LogP contribution in [0.15, 0.2) is 23.0 Å². The number of carbonyl (C=O) groups is 2. The molecule has 2 heterocycles. The molecule has 0 bridgehead atoms. The normalized spacial score (nSPS) is 23.1. The summed E-state index contributed by atoms with van der Waals surface area (Å²) >= 11 is 0. The van der Waals surface area contributed by atoms with Gasteiger partial charge in [0, 0.05) is 18.7 Å². The van der Waals surface area contributed by atoms with Crippen molar-refractivity contribution in [2.45, 2.75) is 32.4 Å². The highest BCUT2D eigenvalue weighted by Crippen LogP contribution is 2.22. The number of hydrogen-bond acceptors (Lipinski definition) is 3. The van der Waals surface area contributed by atoms with Crippen molar-refractivity contribution in [1.29, 1.82) is 0 Å². The van der Waals surface area contributed by atoms with E-state index in [9.17, 15) is 14.7 Å². The van der Waals surface area contributed by atoms with Crippen LogP contribution < -0.4 is 5.32 Å². The second-order valence-corrected chi connectivity index (χ2v) is 4.97. The van der Waals surface area contributed by atoms with E-state index in [2.05, 4.69) is 5.32 Å². The Labute approximate surface area is 111 Å². The van der Waals surface area contributed by atoms with Gasteiger partial charge in [-0.1, -0.05) is 6.92 Å². The molecule has 0 aromatic carbocycles. The third kappa shape index (κ3) is 3.27. The summed E-state index contributed by atoms with van der Waals surface area (Å²) in [7, 11) is 0. The van der Waals surface area contributed by atoms with Crippen LogP contribution in [0.1, 0.15) is 25.3 Å². The molecule has 2 N–H and O–H groups in total. The van der Waals surface area contributed by atoms with Gasteiger partial charge in [0.05, 0.1) is 12.5 Å². The molecule has 1 aliphatic rings. The first-order valence-electron chi connectivity index (χ1n) is 6.36. The summed E-state index contributed by atoms with van der Waals surface area (Å²) in [6.07, 6.45) is 4.43. The monoisotopic (exact) mass is 266 g/mol. The Hall–Kier alpha value is -1.98. The Morgan fingerprint density at radius 3 is 3.00 bits per heavy atom. The number of furan rings is 1. The summed E-state index contributed by atoms with van der Waals surface area (Å²) < 4.78 is 4.91. The minimum absolute atomic E-state index is 0.332. The van der Waals surface area contributed by atoms with Crippen LogP contribution in [-0.4, -0.2) is 34.6 Å². The van der Waals surface area contributed by atoms with Crippen molar-refractivity contribution in [2.75, 3.05) is 6.54 Å². The van der Waals surface area contributed by atoms with Gasteiger partial charge in [-0.2, -0.15) is 0 Å². The van der Waals surface area contributed by atoms with Gasteiger partial charge in [0.1, 0.15) is 6.04 Å². The zero-order valence-corrected chi connectivity index (χ0v) is 10.8. The number of nitrogens with zero attached hydrogens (tertiary/aromatic N) is 1. The Balaban J connectivity index is 1.94. The Bertz CT molecular complexity index is 444. The minimum Gasteiger partial charge on any atom is -0.480 e. The van der Waals surface area contributed by atoms with E-state index in [1.165, 1.54) is 11.2 Å². The lowest BCUT2D eigenvalue weighted by Crippen LogP contribution is -2.53. The molecule has 6 nitrogen and oxygen atoms in total. The number of hydrogen-bond donors (Lipinski definition) is 2. The smallest absolute Gasteiger partial charge is 0.326 e. The lowest BCUT2D eigenvalue weighted by Gasteiger charge is -2.35. The first kappa shape index (κ1) is 13.5. The highest BCUT2D eigenvalue weighted by atomic mass is 16.4. The maximum absolute atomic E-state index is 12.0. The van der Waals surface area contributed by atoms with Crippen LogP contribution in [0.4, 0.5) is 4.79 Å². The number of carbonyl (C=O) groups excluding carboxylic acids is 1. The van der Waals surface area contributed by atoms with Crippen LogP contribution in [0.2, 0.25) is 0 Å².